The maximum atomic E-state index is 8.00. The van der Waals surface area contributed by atoms with Gasteiger partial charge >= 0.3 is 0 Å². The number of aromatic nitrogens is 1. The molecule has 180 valence electrons. The van der Waals surface area contributed by atoms with Gasteiger partial charge in [0.1, 0.15) is 6.79 Å². The Kier molecular flexibility index (Phi) is 14.8. The Morgan fingerprint density at radius 3 is 2.00 bits per heavy atom. The number of pyridine rings is 1. The maximum Gasteiger partial charge on any atom is 0.106 e. The van der Waals surface area contributed by atoms with Crippen LogP contribution in [-0.4, -0.2) is 30.9 Å². The number of nitrogens with one attached hydrogen (secondary N) is 2. The minimum atomic E-state index is 0.686. The Bertz CT molecular complexity index is 887. The molecule has 0 atom stereocenters. The van der Waals surface area contributed by atoms with Crippen LogP contribution in [-0.2, 0) is 4.79 Å². The van der Waals surface area contributed by atoms with Crippen LogP contribution in [0.1, 0.15) is 57.9 Å². The third kappa shape index (κ3) is 10.4. The summed E-state index contributed by atoms with van der Waals surface area (Å²) in [4.78, 5) is 12.4. The van der Waals surface area contributed by atoms with E-state index in [0.29, 0.717) is 6.04 Å². The number of halogens is 1. The van der Waals surface area contributed by atoms with Gasteiger partial charge in [-0.2, -0.15) is 0 Å². The molecule has 2 fully saturated rings. The summed E-state index contributed by atoms with van der Waals surface area (Å²) in [5.41, 5.74) is 3.40. The zero-order valence-corrected chi connectivity index (χ0v) is 21.4. The van der Waals surface area contributed by atoms with Gasteiger partial charge in [-0.15, -0.1) is 0 Å². The molecule has 0 aliphatic heterocycles. The van der Waals surface area contributed by atoms with E-state index in [2.05, 4.69) is 39.9 Å². The topological polar surface area (TPSA) is 54.0 Å². The fourth-order valence-corrected chi connectivity index (χ4v) is 3.33. The van der Waals surface area contributed by atoms with E-state index in [1.807, 2.05) is 71.1 Å². The highest BCUT2D eigenvalue weighted by Crippen LogP contribution is 2.24. The van der Waals surface area contributed by atoms with Crippen LogP contribution in [0.25, 0.3) is 10.9 Å². The van der Waals surface area contributed by atoms with Crippen LogP contribution < -0.4 is 10.6 Å². The molecule has 0 saturated heterocycles. The van der Waals surface area contributed by atoms with Gasteiger partial charge in [0.05, 0.1) is 5.52 Å². The lowest BCUT2D eigenvalue weighted by Gasteiger charge is -2.27. The Balaban J connectivity index is 0.000000256. The van der Waals surface area contributed by atoms with Gasteiger partial charge in [0.25, 0.3) is 0 Å². The number of carbonyl (C=O) groups is 1. The fraction of sp³-hybridized carbons (Fsp3) is 0.429. The summed E-state index contributed by atoms with van der Waals surface area (Å²) in [7, 11) is 2.03. The third-order valence-corrected chi connectivity index (χ3v) is 6.10. The first-order valence-electron chi connectivity index (χ1n) is 11.9. The molecule has 5 heteroatoms. The molecule has 1 aromatic heterocycles. The first-order chi connectivity index (χ1) is 16.2. The van der Waals surface area contributed by atoms with E-state index in [9.17, 15) is 0 Å². The first kappa shape index (κ1) is 28.6. The molecule has 2 N–H and O–H groups in total. The normalized spacial score (nSPS) is 14.2. The summed E-state index contributed by atoms with van der Waals surface area (Å²) in [5, 5.41) is 8.78. The van der Waals surface area contributed by atoms with Gasteiger partial charge < -0.3 is 15.4 Å². The molecule has 2 saturated carbocycles. The number of fused-ring (bicyclic) bond motifs is 1. The van der Waals surface area contributed by atoms with Crippen molar-refractivity contribution in [2.75, 3.05) is 12.4 Å². The van der Waals surface area contributed by atoms with Crippen LogP contribution in [0.15, 0.2) is 60.8 Å². The second-order valence-electron chi connectivity index (χ2n) is 7.85. The summed E-state index contributed by atoms with van der Waals surface area (Å²) in [6.45, 7) is 7.99. The van der Waals surface area contributed by atoms with Crippen molar-refractivity contribution >= 4 is 35.0 Å². The minimum Gasteiger partial charge on any atom is -0.382 e. The van der Waals surface area contributed by atoms with E-state index in [0.717, 1.165) is 22.1 Å². The largest absolute Gasteiger partial charge is 0.382 e. The summed E-state index contributed by atoms with van der Waals surface area (Å²) in [6.07, 6.45) is 10.1. The van der Waals surface area contributed by atoms with Crippen molar-refractivity contribution in [2.45, 2.75) is 71.4 Å². The van der Waals surface area contributed by atoms with E-state index < -0.39 is 0 Å². The standard InChI is InChI=1S/C13H14N2.C7H7Cl.C5H11N.C2H6.CH2O/c1-4-11(5-1)15-12-7-6-10-3-2-8-14-13(10)9-12;1-6-4-2-3-5-7(6)8;1-6-5-3-2-4-5;2*1-2/h2-3,6-9,11,15H,1,4-5H2;2-5H,1H3;5-6H,2-4H2,1H3;1-2H3;1H2. The van der Waals surface area contributed by atoms with E-state index >= 15 is 0 Å². The molecule has 2 aliphatic rings. The summed E-state index contributed by atoms with van der Waals surface area (Å²) in [6, 6.07) is 19.8. The van der Waals surface area contributed by atoms with Crippen LogP contribution in [0, 0.1) is 6.92 Å². The van der Waals surface area contributed by atoms with Gasteiger partial charge in [-0.3, -0.25) is 4.98 Å². The number of nitrogens with zero attached hydrogens (tertiary/aromatic N) is 1. The number of hydrogen-bond donors (Lipinski definition) is 2. The number of aryl methyl sites for hydroxylation is 1. The Labute approximate surface area is 205 Å². The van der Waals surface area contributed by atoms with E-state index in [1.165, 1.54) is 49.6 Å². The average Bonchev–Trinajstić information content (AvgIpc) is 2.81. The molecule has 0 spiro atoms. The zero-order chi connectivity index (χ0) is 24.5. The molecule has 0 bridgehead atoms. The fourth-order valence-electron chi connectivity index (χ4n) is 3.19. The number of rotatable bonds is 3. The summed E-state index contributed by atoms with van der Waals surface area (Å²) in [5.74, 6) is 0. The second-order valence-corrected chi connectivity index (χ2v) is 8.26. The minimum absolute atomic E-state index is 0.686. The Hall–Kier alpha value is -2.43. The first-order valence-corrected chi connectivity index (χ1v) is 12.3. The molecule has 3 aromatic rings. The summed E-state index contributed by atoms with van der Waals surface area (Å²) >= 11 is 5.71. The van der Waals surface area contributed by atoms with E-state index in [4.69, 9.17) is 16.4 Å². The molecular formula is C28H40ClN3O. The SMILES string of the molecule is C=O.CC.CNC1CCC1.Cc1ccccc1Cl.c1cnc2cc(NC3CCC3)ccc2c1. The maximum absolute atomic E-state index is 8.00. The third-order valence-electron chi connectivity index (χ3n) is 5.67. The number of benzene rings is 2. The predicted octanol–water partition coefficient (Wildman–Crippen LogP) is 7.45. The molecule has 1 heterocycles. The quantitative estimate of drug-likeness (QED) is 0.418. The van der Waals surface area contributed by atoms with Crippen molar-refractivity contribution in [3.05, 3.63) is 71.4 Å². The highest BCUT2D eigenvalue weighted by Gasteiger charge is 2.16. The Morgan fingerprint density at radius 1 is 0.909 bits per heavy atom. The van der Waals surface area contributed by atoms with Gasteiger partial charge in [0.15, 0.2) is 0 Å². The van der Waals surface area contributed by atoms with Crippen molar-refractivity contribution in [3.8, 4) is 0 Å². The molecule has 0 unspecified atom stereocenters. The predicted molar refractivity (Wildman–Crippen MR) is 144 cm³/mol. The van der Waals surface area contributed by atoms with Crippen LogP contribution in [0.4, 0.5) is 5.69 Å². The molecule has 0 radical (unpaired) electrons. The van der Waals surface area contributed by atoms with Crippen molar-refractivity contribution in [2.24, 2.45) is 0 Å². The second kappa shape index (κ2) is 17.1. The molecule has 33 heavy (non-hydrogen) atoms. The Morgan fingerprint density at radius 2 is 1.55 bits per heavy atom. The van der Waals surface area contributed by atoms with Crippen molar-refractivity contribution in [3.63, 3.8) is 0 Å². The van der Waals surface area contributed by atoms with Gasteiger partial charge in [-0.25, -0.2) is 0 Å². The smallest absolute Gasteiger partial charge is 0.106 e. The average molecular weight is 470 g/mol. The number of carbonyl (C=O) groups excluding carboxylic acids is 1. The van der Waals surface area contributed by atoms with E-state index in [1.54, 1.807) is 0 Å². The highest BCUT2D eigenvalue weighted by molar-refractivity contribution is 6.31. The molecule has 5 rings (SSSR count). The lowest BCUT2D eigenvalue weighted by atomic mass is 9.93. The van der Waals surface area contributed by atoms with Crippen LogP contribution in [0.3, 0.4) is 0 Å². The molecule has 0 amide bonds. The van der Waals surface area contributed by atoms with Crippen molar-refractivity contribution in [1.82, 2.24) is 10.3 Å². The van der Waals surface area contributed by atoms with Crippen molar-refractivity contribution in [1.29, 1.82) is 0 Å². The number of hydrogen-bond acceptors (Lipinski definition) is 4. The van der Waals surface area contributed by atoms with Crippen LogP contribution in [0.5, 0.6) is 0 Å². The van der Waals surface area contributed by atoms with Gasteiger partial charge in [-0.1, -0.05) is 62.2 Å². The van der Waals surface area contributed by atoms with Gasteiger partial charge in [-0.05, 0) is 75.9 Å². The molecule has 4 nitrogen and oxygen atoms in total. The lowest BCUT2D eigenvalue weighted by Crippen LogP contribution is -2.31. The summed E-state index contributed by atoms with van der Waals surface area (Å²) < 4.78 is 0. The molecule has 2 aliphatic carbocycles. The van der Waals surface area contributed by atoms with Gasteiger partial charge in [0.2, 0.25) is 0 Å². The lowest BCUT2D eigenvalue weighted by molar-refractivity contribution is -0.0979. The van der Waals surface area contributed by atoms with Gasteiger partial charge in [0, 0.05) is 34.4 Å². The monoisotopic (exact) mass is 469 g/mol. The van der Waals surface area contributed by atoms with E-state index in [-0.39, 0.29) is 0 Å². The zero-order valence-electron chi connectivity index (χ0n) is 20.6. The van der Waals surface area contributed by atoms with Crippen molar-refractivity contribution < 1.29 is 4.79 Å². The highest BCUT2D eigenvalue weighted by atomic mass is 35.5. The van der Waals surface area contributed by atoms with Crippen LogP contribution >= 0.6 is 11.6 Å². The number of anilines is 1. The molecular weight excluding hydrogens is 430 g/mol. The van der Waals surface area contributed by atoms with Crippen LogP contribution in [0.2, 0.25) is 5.02 Å². The molecule has 2 aromatic carbocycles.